The van der Waals surface area contributed by atoms with Crippen molar-refractivity contribution in [2.24, 2.45) is 5.10 Å². The average Bonchev–Trinajstić information content (AvgIpc) is 2.61. The van der Waals surface area contributed by atoms with E-state index in [1.165, 1.54) is 6.07 Å². The molecule has 0 spiro atoms. The lowest BCUT2D eigenvalue weighted by atomic mass is 10.1. The van der Waals surface area contributed by atoms with Crippen LogP contribution in [0.25, 0.3) is 0 Å². The highest BCUT2D eigenvalue weighted by Gasteiger charge is 2.09. The van der Waals surface area contributed by atoms with E-state index in [0.29, 0.717) is 26.5 Å². The summed E-state index contributed by atoms with van der Waals surface area (Å²) in [5.74, 6) is -0.696. The molecule has 0 heterocycles. The number of nitrogens with one attached hydrogen (secondary N) is 2. The maximum Gasteiger partial charge on any atom is 0.240 e. The Morgan fingerprint density at radius 1 is 0.923 bits per heavy atom. The second-order valence-electron chi connectivity index (χ2n) is 5.41. The van der Waals surface area contributed by atoms with Crippen LogP contribution in [0.5, 0.6) is 0 Å². The summed E-state index contributed by atoms with van der Waals surface area (Å²) in [4.78, 5) is 23.8. The molecule has 2 aromatic carbocycles. The molecule has 0 aromatic heterocycles. The predicted octanol–water partition coefficient (Wildman–Crippen LogP) is 4.91. The first-order valence-electron chi connectivity index (χ1n) is 7.69. The van der Waals surface area contributed by atoms with Gasteiger partial charge in [-0.1, -0.05) is 46.9 Å². The van der Waals surface area contributed by atoms with Gasteiger partial charge in [-0.15, -0.1) is 0 Å². The third-order valence-corrected chi connectivity index (χ3v) is 4.19. The number of carbonyl (C=O) groups excluding carboxylic acids is 2. The van der Waals surface area contributed by atoms with Gasteiger partial charge in [0.2, 0.25) is 11.8 Å². The molecule has 5 nitrogen and oxygen atoms in total. The Balaban J connectivity index is 1.81. The summed E-state index contributed by atoms with van der Waals surface area (Å²) in [5.41, 5.74) is 4.34. The van der Waals surface area contributed by atoms with Crippen LogP contribution in [0.15, 0.2) is 47.6 Å². The van der Waals surface area contributed by atoms with Crippen LogP contribution in [0.4, 0.5) is 5.69 Å². The maximum atomic E-state index is 11.9. The Bertz CT molecular complexity index is 836. The molecule has 8 heteroatoms. The average molecular weight is 413 g/mol. The summed E-state index contributed by atoms with van der Waals surface area (Å²) in [6.07, 6.45) is -0.00522. The lowest BCUT2D eigenvalue weighted by molar-refractivity contribution is -0.124. The van der Waals surface area contributed by atoms with E-state index >= 15 is 0 Å². The largest absolute Gasteiger partial charge is 0.325 e. The van der Waals surface area contributed by atoms with Gasteiger partial charge in [-0.25, -0.2) is 5.43 Å². The van der Waals surface area contributed by atoms with E-state index in [1.807, 2.05) is 0 Å². The fraction of sp³-hybridized carbons (Fsp3) is 0.167. The molecule has 0 atom stereocenters. The number of anilines is 1. The molecule has 2 aromatic rings. The second kappa shape index (κ2) is 9.57. The molecule has 26 heavy (non-hydrogen) atoms. The van der Waals surface area contributed by atoms with Crippen LogP contribution in [0.2, 0.25) is 15.1 Å². The van der Waals surface area contributed by atoms with Gasteiger partial charge in [-0.05, 0) is 42.8 Å². The number of hydrogen-bond acceptors (Lipinski definition) is 3. The van der Waals surface area contributed by atoms with Crippen molar-refractivity contribution in [1.82, 2.24) is 5.43 Å². The Kier molecular flexibility index (Phi) is 7.45. The first kappa shape index (κ1) is 20.2. The molecule has 0 bridgehead atoms. The molecule has 0 aliphatic rings. The van der Waals surface area contributed by atoms with Crippen LogP contribution in [-0.2, 0) is 9.59 Å². The van der Waals surface area contributed by atoms with E-state index in [9.17, 15) is 9.59 Å². The maximum absolute atomic E-state index is 11.9. The highest BCUT2D eigenvalue weighted by atomic mass is 35.5. The molecule has 0 aliphatic heterocycles. The summed E-state index contributed by atoms with van der Waals surface area (Å²) in [6, 6.07) is 11.8. The number of halogens is 3. The van der Waals surface area contributed by atoms with E-state index in [-0.39, 0.29) is 24.7 Å². The molecule has 0 saturated heterocycles. The van der Waals surface area contributed by atoms with Crippen LogP contribution in [0, 0.1) is 0 Å². The van der Waals surface area contributed by atoms with Crippen LogP contribution < -0.4 is 10.7 Å². The predicted molar refractivity (Wildman–Crippen MR) is 106 cm³/mol. The number of benzene rings is 2. The van der Waals surface area contributed by atoms with Gasteiger partial charge in [0.05, 0.1) is 16.4 Å². The molecular weight excluding hydrogens is 397 g/mol. The van der Waals surface area contributed by atoms with Gasteiger partial charge < -0.3 is 5.32 Å². The van der Waals surface area contributed by atoms with Crippen molar-refractivity contribution in [3.05, 3.63) is 63.1 Å². The Morgan fingerprint density at radius 3 is 2.19 bits per heavy atom. The smallest absolute Gasteiger partial charge is 0.240 e. The van der Waals surface area contributed by atoms with Crippen LogP contribution >= 0.6 is 34.8 Å². The first-order chi connectivity index (χ1) is 12.3. The fourth-order valence-corrected chi connectivity index (χ4v) is 2.57. The zero-order valence-corrected chi connectivity index (χ0v) is 16.1. The lowest BCUT2D eigenvalue weighted by Crippen LogP contribution is -2.21. The van der Waals surface area contributed by atoms with Gasteiger partial charge >= 0.3 is 0 Å². The highest BCUT2D eigenvalue weighted by Crippen LogP contribution is 2.25. The molecular formula is C18H16Cl3N3O2. The van der Waals surface area contributed by atoms with Gasteiger partial charge in [0.1, 0.15) is 0 Å². The normalized spacial score (nSPS) is 11.2. The van der Waals surface area contributed by atoms with E-state index in [4.69, 9.17) is 34.8 Å². The minimum atomic E-state index is -0.365. The van der Waals surface area contributed by atoms with Gasteiger partial charge in [-0.2, -0.15) is 5.10 Å². The summed E-state index contributed by atoms with van der Waals surface area (Å²) in [5, 5.41) is 8.08. The minimum Gasteiger partial charge on any atom is -0.325 e. The zero-order valence-electron chi connectivity index (χ0n) is 13.9. The van der Waals surface area contributed by atoms with Crippen LogP contribution in [0.1, 0.15) is 25.3 Å². The van der Waals surface area contributed by atoms with Gasteiger partial charge in [0, 0.05) is 22.9 Å². The number of carbonyl (C=O) groups is 2. The molecule has 2 amide bonds. The molecule has 0 saturated carbocycles. The first-order valence-corrected chi connectivity index (χ1v) is 8.82. The Labute approximate surface area is 166 Å². The summed E-state index contributed by atoms with van der Waals surface area (Å²) < 4.78 is 0. The van der Waals surface area contributed by atoms with Gasteiger partial charge in [-0.3, -0.25) is 9.59 Å². The molecule has 0 unspecified atom stereocenters. The molecule has 136 valence electrons. The Hall–Kier alpha value is -2.08. The second-order valence-corrected chi connectivity index (χ2v) is 6.69. The van der Waals surface area contributed by atoms with Crippen molar-refractivity contribution < 1.29 is 9.59 Å². The van der Waals surface area contributed by atoms with Crippen molar-refractivity contribution in [3.63, 3.8) is 0 Å². The van der Waals surface area contributed by atoms with E-state index in [1.54, 1.807) is 43.3 Å². The number of hydrogen-bond donors (Lipinski definition) is 2. The molecule has 0 radical (unpaired) electrons. The molecule has 2 rings (SSSR count). The third kappa shape index (κ3) is 6.33. The fourth-order valence-electron chi connectivity index (χ4n) is 1.99. The van der Waals surface area contributed by atoms with Crippen LogP contribution in [0.3, 0.4) is 0 Å². The van der Waals surface area contributed by atoms with Crippen molar-refractivity contribution in [3.8, 4) is 0 Å². The summed E-state index contributed by atoms with van der Waals surface area (Å²) in [7, 11) is 0. The van der Waals surface area contributed by atoms with Gasteiger partial charge in [0.25, 0.3) is 0 Å². The molecule has 0 fully saturated rings. The topological polar surface area (TPSA) is 70.6 Å². The number of amides is 2. The Morgan fingerprint density at radius 2 is 1.54 bits per heavy atom. The number of hydrazone groups is 1. The van der Waals surface area contributed by atoms with Gasteiger partial charge in [0.15, 0.2) is 0 Å². The molecule has 2 N–H and O–H groups in total. The monoisotopic (exact) mass is 411 g/mol. The standard InChI is InChI=1S/C18H16Cl3N3O2/c1-11(12-2-4-13(19)5-3-12)23-24-18(26)9-8-17(25)22-16-7-6-14(20)10-15(16)21/h2-7,10H,8-9H2,1H3,(H,22,25)(H,24,26)/b23-11+. The zero-order chi connectivity index (χ0) is 19.1. The summed E-state index contributed by atoms with van der Waals surface area (Å²) >= 11 is 17.6. The van der Waals surface area contributed by atoms with E-state index in [2.05, 4.69) is 15.8 Å². The number of nitrogens with zero attached hydrogens (tertiary/aromatic N) is 1. The van der Waals surface area contributed by atoms with E-state index in [0.717, 1.165) is 5.56 Å². The quantitative estimate of drug-likeness (QED) is 0.523. The molecule has 0 aliphatic carbocycles. The van der Waals surface area contributed by atoms with Crippen LogP contribution in [-0.4, -0.2) is 17.5 Å². The lowest BCUT2D eigenvalue weighted by Gasteiger charge is -2.07. The number of rotatable bonds is 6. The highest BCUT2D eigenvalue weighted by molar-refractivity contribution is 6.36. The van der Waals surface area contributed by atoms with E-state index < -0.39 is 0 Å². The minimum absolute atomic E-state index is 0.000299. The van der Waals surface area contributed by atoms with Crippen molar-refractivity contribution in [1.29, 1.82) is 0 Å². The van der Waals surface area contributed by atoms with Crippen molar-refractivity contribution in [2.75, 3.05) is 5.32 Å². The SMILES string of the molecule is C/C(=N\NC(=O)CCC(=O)Nc1ccc(Cl)cc1Cl)c1ccc(Cl)cc1. The van der Waals surface area contributed by atoms with Crippen molar-refractivity contribution >= 4 is 58.0 Å². The third-order valence-electron chi connectivity index (χ3n) is 3.39. The summed E-state index contributed by atoms with van der Waals surface area (Å²) in [6.45, 7) is 1.76. The van der Waals surface area contributed by atoms with Crippen molar-refractivity contribution in [2.45, 2.75) is 19.8 Å².